The second kappa shape index (κ2) is 11.5. The summed E-state index contributed by atoms with van der Waals surface area (Å²) in [5.74, 6) is -0.783. The quantitative estimate of drug-likeness (QED) is 0.546. The molecule has 2 amide bonds. The van der Waals surface area contributed by atoms with Gasteiger partial charge in [-0.05, 0) is 50.5 Å². The summed E-state index contributed by atoms with van der Waals surface area (Å²) in [5, 5.41) is 3.30. The molecule has 0 spiro atoms. The summed E-state index contributed by atoms with van der Waals surface area (Å²) in [6.45, 7) is 6.91. The van der Waals surface area contributed by atoms with Crippen LogP contribution in [0.25, 0.3) is 0 Å². The summed E-state index contributed by atoms with van der Waals surface area (Å²) < 4.78 is 26.3. The van der Waals surface area contributed by atoms with Gasteiger partial charge in [0.05, 0.1) is 11.9 Å². The normalized spacial score (nSPS) is 13.2. The second-order valence-electron chi connectivity index (χ2n) is 8.15. The van der Waals surface area contributed by atoms with Gasteiger partial charge in [-0.2, -0.15) is 0 Å². The monoisotopic (exact) mass is 493 g/mol. The van der Waals surface area contributed by atoms with Gasteiger partial charge in [0.15, 0.2) is 0 Å². The van der Waals surface area contributed by atoms with E-state index in [0.717, 1.165) is 22.5 Å². The highest BCUT2D eigenvalue weighted by atomic mass is 35.5. The van der Waals surface area contributed by atoms with Crippen molar-refractivity contribution < 1.29 is 18.0 Å². The third-order valence-electron chi connectivity index (χ3n) is 5.55. The average molecular weight is 494 g/mol. The number of hydrogen-bond donors (Lipinski definition) is 1. The predicted octanol–water partition coefficient (Wildman–Crippen LogP) is 3.75. The molecule has 0 fully saturated rings. The highest BCUT2D eigenvalue weighted by molar-refractivity contribution is 7.92. The first-order chi connectivity index (χ1) is 15.5. The number of anilines is 1. The van der Waals surface area contributed by atoms with Crippen molar-refractivity contribution in [3.05, 3.63) is 64.7 Å². The summed E-state index contributed by atoms with van der Waals surface area (Å²) >= 11 is 6.20. The molecule has 1 N–H and O–H groups in total. The van der Waals surface area contributed by atoms with Crippen molar-refractivity contribution in [3.63, 3.8) is 0 Å². The van der Waals surface area contributed by atoms with Gasteiger partial charge >= 0.3 is 0 Å². The molecule has 9 heteroatoms. The number of nitrogens with one attached hydrogen (secondary N) is 1. The summed E-state index contributed by atoms with van der Waals surface area (Å²) in [7, 11) is -3.80. The van der Waals surface area contributed by atoms with Gasteiger partial charge in [-0.15, -0.1) is 0 Å². The van der Waals surface area contributed by atoms with Crippen molar-refractivity contribution in [2.24, 2.45) is 0 Å². The summed E-state index contributed by atoms with van der Waals surface area (Å²) in [5.41, 5.74) is 1.71. The number of amides is 2. The van der Waals surface area contributed by atoms with Crippen molar-refractivity contribution in [3.8, 4) is 0 Å². The molecule has 2 unspecified atom stereocenters. The zero-order valence-corrected chi connectivity index (χ0v) is 21.3. The van der Waals surface area contributed by atoms with Crippen LogP contribution in [0.1, 0.15) is 38.3 Å². The molecule has 0 saturated carbocycles. The maximum atomic E-state index is 13.5. The molecule has 33 heavy (non-hydrogen) atoms. The molecular formula is C24H32ClN3O4S. The Morgan fingerprint density at radius 3 is 2.27 bits per heavy atom. The Kier molecular flexibility index (Phi) is 9.31. The lowest BCUT2D eigenvalue weighted by molar-refractivity contribution is -0.139. The number of benzene rings is 2. The van der Waals surface area contributed by atoms with Crippen LogP contribution < -0.4 is 9.62 Å². The number of hydrogen-bond acceptors (Lipinski definition) is 4. The maximum Gasteiger partial charge on any atom is 0.244 e. The van der Waals surface area contributed by atoms with E-state index in [-0.39, 0.29) is 18.5 Å². The molecule has 0 aliphatic carbocycles. The van der Waals surface area contributed by atoms with Gasteiger partial charge in [-0.25, -0.2) is 8.42 Å². The Morgan fingerprint density at radius 2 is 1.70 bits per heavy atom. The lowest BCUT2D eigenvalue weighted by atomic mass is 10.1. The van der Waals surface area contributed by atoms with Crippen LogP contribution in [-0.2, 0) is 26.2 Å². The molecule has 0 radical (unpaired) electrons. The Balaban J connectivity index is 2.40. The Morgan fingerprint density at radius 1 is 1.06 bits per heavy atom. The standard InChI is InChI=1S/C24H32ClN3O4S/c1-6-17(2)26-24(30)19(4)27(15-20-11-8-7-9-12-20)23(29)16-28(33(5,31)32)22-14-10-13-21(25)18(22)3/h7-14,17,19H,6,15-16H2,1-5H3,(H,26,30). The molecule has 0 bridgehead atoms. The van der Waals surface area contributed by atoms with Crippen LogP contribution in [0.4, 0.5) is 5.69 Å². The van der Waals surface area contributed by atoms with Gasteiger partial charge in [0.25, 0.3) is 0 Å². The third kappa shape index (κ3) is 7.20. The van der Waals surface area contributed by atoms with Crippen LogP contribution in [-0.4, -0.2) is 50.0 Å². The van der Waals surface area contributed by atoms with Crippen LogP contribution in [0.3, 0.4) is 0 Å². The van der Waals surface area contributed by atoms with Gasteiger partial charge in [-0.1, -0.05) is 54.9 Å². The van der Waals surface area contributed by atoms with Crippen molar-refractivity contribution in [2.75, 3.05) is 17.1 Å². The van der Waals surface area contributed by atoms with Crippen LogP contribution in [0.5, 0.6) is 0 Å². The minimum Gasteiger partial charge on any atom is -0.352 e. The zero-order valence-electron chi connectivity index (χ0n) is 19.7. The molecular weight excluding hydrogens is 462 g/mol. The molecule has 2 aromatic rings. The Hall–Kier alpha value is -2.58. The van der Waals surface area contributed by atoms with Gasteiger partial charge < -0.3 is 10.2 Å². The average Bonchev–Trinajstić information content (AvgIpc) is 2.77. The highest BCUT2D eigenvalue weighted by Gasteiger charge is 2.31. The molecule has 7 nitrogen and oxygen atoms in total. The lowest BCUT2D eigenvalue weighted by Gasteiger charge is -2.32. The minimum absolute atomic E-state index is 0.0461. The van der Waals surface area contributed by atoms with Gasteiger partial charge in [-0.3, -0.25) is 13.9 Å². The number of carbonyl (C=O) groups is 2. The molecule has 2 aromatic carbocycles. The van der Waals surface area contributed by atoms with E-state index < -0.39 is 28.5 Å². The van der Waals surface area contributed by atoms with Crippen LogP contribution >= 0.6 is 11.6 Å². The van der Waals surface area contributed by atoms with E-state index >= 15 is 0 Å². The molecule has 0 heterocycles. The zero-order chi connectivity index (χ0) is 24.8. The Labute approximate surface area is 201 Å². The summed E-state index contributed by atoms with van der Waals surface area (Å²) in [4.78, 5) is 27.7. The van der Waals surface area contributed by atoms with Crippen LogP contribution in [0, 0.1) is 6.92 Å². The largest absolute Gasteiger partial charge is 0.352 e. The van der Waals surface area contributed by atoms with E-state index in [1.807, 2.05) is 44.2 Å². The predicted molar refractivity (Wildman–Crippen MR) is 133 cm³/mol. The maximum absolute atomic E-state index is 13.5. The number of halogens is 1. The molecule has 0 saturated heterocycles. The van der Waals surface area contributed by atoms with E-state index in [0.29, 0.717) is 16.3 Å². The van der Waals surface area contributed by atoms with Crippen LogP contribution in [0.2, 0.25) is 5.02 Å². The number of sulfonamides is 1. The van der Waals surface area contributed by atoms with E-state index in [1.165, 1.54) is 4.90 Å². The topological polar surface area (TPSA) is 86.8 Å². The molecule has 0 aromatic heterocycles. The first-order valence-corrected chi connectivity index (χ1v) is 13.0. The van der Waals surface area contributed by atoms with E-state index in [2.05, 4.69) is 5.32 Å². The number of nitrogens with zero attached hydrogens (tertiary/aromatic N) is 2. The van der Waals surface area contributed by atoms with E-state index in [4.69, 9.17) is 11.6 Å². The molecule has 2 atom stereocenters. The van der Waals surface area contributed by atoms with Crippen molar-refractivity contribution in [1.29, 1.82) is 0 Å². The Bertz CT molecular complexity index is 1080. The van der Waals surface area contributed by atoms with Gasteiger partial charge in [0.2, 0.25) is 21.8 Å². The molecule has 180 valence electrons. The second-order valence-corrected chi connectivity index (χ2v) is 10.5. The smallest absolute Gasteiger partial charge is 0.244 e. The fourth-order valence-electron chi connectivity index (χ4n) is 3.29. The number of rotatable bonds is 10. The minimum atomic E-state index is -3.80. The highest BCUT2D eigenvalue weighted by Crippen LogP contribution is 2.28. The van der Waals surface area contributed by atoms with Crippen LogP contribution in [0.15, 0.2) is 48.5 Å². The van der Waals surface area contributed by atoms with E-state index in [9.17, 15) is 18.0 Å². The number of carbonyl (C=O) groups excluding carboxylic acids is 2. The molecule has 2 rings (SSSR count). The van der Waals surface area contributed by atoms with Crippen molar-refractivity contribution in [1.82, 2.24) is 10.2 Å². The summed E-state index contributed by atoms with van der Waals surface area (Å²) in [6, 6.07) is 13.3. The third-order valence-corrected chi connectivity index (χ3v) is 7.09. The fourth-order valence-corrected chi connectivity index (χ4v) is 4.36. The first-order valence-electron chi connectivity index (χ1n) is 10.8. The SMILES string of the molecule is CCC(C)NC(=O)C(C)N(Cc1ccccc1)C(=O)CN(c1cccc(Cl)c1C)S(C)(=O)=O. The van der Waals surface area contributed by atoms with E-state index in [1.54, 1.807) is 32.0 Å². The summed E-state index contributed by atoms with van der Waals surface area (Å²) in [6.07, 6.45) is 1.79. The molecule has 0 aliphatic rings. The lowest BCUT2D eigenvalue weighted by Crippen LogP contribution is -2.52. The fraction of sp³-hybridized carbons (Fsp3) is 0.417. The van der Waals surface area contributed by atoms with Crippen molar-refractivity contribution >= 4 is 39.1 Å². The van der Waals surface area contributed by atoms with Crippen molar-refractivity contribution in [2.45, 2.75) is 52.7 Å². The van der Waals surface area contributed by atoms with Gasteiger partial charge in [0, 0.05) is 17.6 Å². The molecule has 0 aliphatic heterocycles. The first kappa shape index (κ1) is 26.7. The van der Waals surface area contributed by atoms with Gasteiger partial charge in [0.1, 0.15) is 12.6 Å².